The predicted molar refractivity (Wildman–Crippen MR) is 116 cm³/mol. The minimum atomic E-state index is -0.534. The lowest BCUT2D eigenvalue weighted by atomic mass is 9.91. The van der Waals surface area contributed by atoms with Gasteiger partial charge < -0.3 is 20.4 Å². The van der Waals surface area contributed by atoms with Gasteiger partial charge in [-0.1, -0.05) is 48.5 Å². The number of hydrogen-bond donors (Lipinski definition) is 3. The second kappa shape index (κ2) is 7.91. The van der Waals surface area contributed by atoms with E-state index in [-0.39, 0.29) is 18.2 Å². The summed E-state index contributed by atoms with van der Waals surface area (Å²) in [4.78, 5) is 16.2. The molecular formula is C24H29N3O2. The van der Waals surface area contributed by atoms with Crippen molar-refractivity contribution in [1.29, 1.82) is 0 Å². The van der Waals surface area contributed by atoms with Crippen LogP contribution in [0, 0.1) is 0 Å². The fourth-order valence-corrected chi connectivity index (χ4v) is 4.13. The number of nitrogens with one attached hydrogen (secondary N) is 3. The maximum atomic E-state index is 12.6. The van der Waals surface area contributed by atoms with Gasteiger partial charge in [0.1, 0.15) is 5.60 Å². The summed E-state index contributed by atoms with van der Waals surface area (Å²) < 4.78 is 5.56. The van der Waals surface area contributed by atoms with Gasteiger partial charge in [-0.2, -0.15) is 0 Å². The lowest BCUT2D eigenvalue weighted by Gasteiger charge is -2.33. The summed E-state index contributed by atoms with van der Waals surface area (Å²) in [5.41, 5.74) is 4.29. The minimum Gasteiger partial charge on any atom is -0.444 e. The Morgan fingerprint density at radius 1 is 1.14 bits per heavy atom. The van der Waals surface area contributed by atoms with Gasteiger partial charge in [0.2, 0.25) is 0 Å². The van der Waals surface area contributed by atoms with Gasteiger partial charge in [0.15, 0.2) is 0 Å². The van der Waals surface area contributed by atoms with Gasteiger partial charge >= 0.3 is 6.09 Å². The topological polar surface area (TPSA) is 66.2 Å². The standard InChI is InChI=1S/C24H29N3O2/c1-24(2,3)29-23(28)27-20(15-16-9-5-4-6-10-16)22-21-18(13-14-25-22)17-11-7-8-12-19(17)26-21/h4-12,20,22,25-26H,13-15H2,1-3H3,(H,27,28)/t20-,22+/m0/s1. The van der Waals surface area contributed by atoms with E-state index in [1.54, 1.807) is 0 Å². The van der Waals surface area contributed by atoms with Crippen LogP contribution >= 0.6 is 0 Å². The summed E-state index contributed by atoms with van der Waals surface area (Å²) in [5, 5.41) is 8.02. The van der Waals surface area contributed by atoms with Crippen LogP contribution in [0.4, 0.5) is 4.79 Å². The zero-order valence-corrected chi connectivity index (χ0v) is 17.3. The van der Waals surface area contributed by atoms with Crippen molar-refractivity contribution in [2.24, 2.45) is 0 Å². The highest BCUT2D eigenvalue weighted by Crippen LogP contribution is 2.32. The molecule has 1 aromatic heterocycles. The Bertz CT molecular complexity index is 988. The van der Waals surface area contributed by atoms with Gasteiger partial charge in [0.05, 0.1) is 12.1 Å². The quantitative estimate of drug-likeness (QED) is 0.614. The zero-order valence-electron chi connectivity index (χ0n) is 17.3. The molecule has 2 heterocycles. The molecule has 1 amide bonds. The molecule has 1 aliphatic heterocycles. The molecule has 0 unspecified atom stereocenters. The van der Waals surface area contributed by atoms with E-state index in [4.69, 9.17) is 4.74 Å². The Labute approximate surface area is 171 Å². The first-order chi connectivity index (χ1) is 13.9. The number of amides is 1. The molecule has 2 atom stereocenters. The number of H-pyrrole nitrogens is 1. The Balaban J connectivity index is 1.67. The molecule has 5 heteroatoms. The average Bonchev–Trinajstić information content (AvgIpc) is 3.05. The van der Waals surface area contributed by atoms with Crippen molar-refractivity contribution in [2.45, 2.75) is 51.3 Å². The van der Waals surface area contributed by atoms with Crippen LogP contribution in [0.1, 0.15) is 43.6 Å². The number of fused-ring (bicyclic) bond motifs is 3. The monoisotopic (exact) mass is 391 g/mol. The molecular weight excluding hydrogens is 362 g/mol. The lowest BCUT2D eigenvalue weighted by molar-refractivity contribution is 0.0491. The molecule has 0 fully saturated rings. The number of ether oxygens (including phenoxy) is 1. The van der Waals surface area contributed by atoms with Crippen LogP contribution in [0.25, 0.3) is 10.9 Å². The van der Waals surface area contributed by atoms with Crippen LogP contribution < -0.4 is 10.6 Å². The van der Waals surface area contributed by atoms with E-state index in [0.717, 1.165) is 24.2 Å². The summed E-state index contributed by atoms with van der Waals surface area (Å²) >= 11 is 0. The molecule has 3 aromatic rings. The average molecular weight is 392 g/mol. The maximum Gasteiger partial charge on any atom is 0.407 e. The molecule has 5 nitrogen and oxygen atoms in total. The predicted octanol–water partition coefficient (Wildman–Crippen LogP) is 4.49. The number of hydrogen-bond acceptors (Lipinski definition) is 3. The van der Waals surface area contributed by atoms with Crippen molar-refractivity contribution in [2.75, 3.05) is 6.54 Å². The van der Waals surface area contributed by atoms with Crippen molar-refractivity contribution in [3.63, 3.8) is 0 Å². The zero-order chi connectivity index (χ0) is 20.4. The molecule has 0 spiro atoms. The largest absolute Gasteiger partial charge is 0.444 e. The molecule has 2 aromatic carbocycles. The summed E-state index contributed by atoms with van der Waals surface area (Å²) in [6.45, 7) is 6.52. The number of carbonyl (C=O) groups excluding carboxylic acids is 1. The van der Waals surface area contributed by atoms with Crippen molar-refractivity contribution in [3.05, 3.63) is 71.4 Å². The van der Waals surface area contributed by atoms with E-state index >= 15 is 0 Å². The van der Waals surface area contributed by atoms with Crippen LogP contribution in [0.15, 0.2) is 54.6 Å². The molecule has 0 saturated carbocycles. The maximum absolute atomic E-state index is 12.6. The highest BCUT2D eigenvalue weighted by molar-refractivity contribution is 5.85. The summed E-state index contributed by atoms with van der Waals surface area (Å²) in [6.07, 6.45) is 1.30. The number of para-hydroxylation sites is 1. The first-order valence-electron chi connectivity index (χ1n) is 10.3. The van der Waals surface area contributed by atoms with Gasteiger partial charge in [-0.05, 0) is 57.4 Å². The van der Waals surface area contributed by atoms with E-state index in [0.29, 0.717) is 6.42 Å². The normalized spacial score (nSPS) is 17.6. The van der Waals surface area contributed by atoms with Crippen LogP contribution in [0.3, 0.4) is 0 Å². The van der Waals surface area contributed by atoms with Gasteiger partial charge in [-0.15, -0.1) is 0 Å². The number of rotatable bonds is 4. The van der Waals surface area contributed by atoms with Gasteiger partial charge in [0, 0.05) is 16.6 Å². The van der Waals surface area contributed by atoms with Crippen LogP contribution in [-0.2, 0) is 17.6 Å². The van der Waals surface area contributed by atoms with Crippen molar-refractivity contribution in [3.8, 4) is 0 Å². The Morgan fingerprint density at radius 3 is 2.62 bits per heavy atom. The number of benzene rings is 2. The number of carbonyl (C=O) groups is 1. The SMILES string of the molecule is CC(C)(C)OC(=O)N[C@@H](Cc1ccccc1)[C@H]1NCCc2c1[nH]c1ccccc21. The molecule has 4 rings (SSSR count). The second-order valence-corrected chi connectivity index (χ2v) is 8.69. The van der Waals surface area contributed by atoms with Crippen LogP contribution in [-0.4, -0.2) is 29.3 Å². The van der Waals surface area contributed by atoms with E-state index in [9.17, 15) is 4.79 Å². The Kier molecular flexibility index (Phi) is 5.33. The first-order valence-corrected chi connectivity index (χ1v) is 10.3. The fourth-order valence-electron chi connectivity index (χ4n) is 4.13. The van der Waals surface area contributed by atoms with Gasteiger partial charge in [-0.25, -0.2) is 4.79 Å². The lowest BCUT2D eigenvalue weighted by Crippen LogP contribution is -2.49. The van der Waals surface area contributed by atoms with Crippen LogP contribution in [0.5, 0.6) is 0 Å². The van der Waals surface area contributed by atoms with Gasteiger partial charge in [-0.3, -0.25) is 0 Å². The molecule has 0 radical (unpaired) electrons. The molecule has 0 aliphatic carbocycles. The second-order valence-electron chi connectivity index (χ2n) is 8.69. The van der Waals surface area contributed by atoms with E-state index < -0.39 is 5.60 Å². The summed E-state index contributed by atoms with van der Waals surface area (Å²) in [5.74, 6) is 0. The third kappa shape index (κ3) is 4.46. The third-order valence-electron chi connectivity index (χ3n) is 5.30. The number of aromatic amines is 1. The number of aromatic nitrogens is 1. The molecule has 1 aliphatic rings. The Morgan fingerprint density at radius 2 is 1.86 bits per heavy atom. The van der Waals surface area contributed by atoms with Gasteiger partial charge in [0.25, 0.3) is 0 Å². The smallest absolute Gasteiger partial charge is 0.407 e. The molecule has 29 heavy (non-hydrogen) atoms. The van der Waals surface area contributed by atoms with Crippen LogP contribution in [0.2, 0.25) is 0 Å². The molecule has 0 bridgehead atoms. The number of alkyl carbamates (subject to hydrolysis) is 1. The molecule has 152 valence electrons. The van der Waals surface area contributed by atoms with E-state index in [1.165, 1.54) is 16.5 Å². The van der Waals surface area contributed by atoms with Crippen molar-refractivity contribution >= 4 is 17.0 Å². The highest BCUT2D eigenvalue weighted by atomic mass is 16.6. The molecule has 0 saturated heterocycles. The third-order valence-corrected chi connectivity index (χ3v) is 5.30. The minimum absolute atomic E-state index is 0.0149. The van der Waals surface area contributed by atoms with Crippen molar-refractivity contribution in [1.82, 2.24) is 15.6 Å². The first kappa shape index (κ1) is 19.5. The Hall–Kier alpha value is -2.79. The molecule has 3 N–H and O–H groups in total. The van der Waals surface area contributed by atoms with E-state index in [1.807, 2.05) is 45.0 Å². The summed E-state index contributed by atoms with van der Waals surface area (Å²) in [7, 11) is 0. The highest BCUT2D eigenvalue weighted by Gasteiger charge is 2.32. The summed E-state index contributed by atoms with van der Waals surface area (Å²) in [6, 6.07) is 18.5. The fraction of sp³-hybridized carbons (Fsp3) is 0.375. The van der Waals surface area contributed by atoms with E-state index in [2.05, 4.69) is 45.9 Å². The van der Waals surface area contributed by atoms with Crippen molar-refractivity contribution < 1.29 is 9.53 Å².